The Labute approximate surface area is 77.9 Å². The molecule has 70 valence electrons. The molecule has 0 saturated carbocycles. The maximum Gasteiger partial charge on any atom is 0.168 e. The Kier molecular flexibility index (Phi) is 6.41. The summed E-state index contributed by atoms with van der Waals surface area (Å²) in [5.74, 6) is 0. The lowest BCUT2D eigenvalue weighted by Crippen LogP contribution is -2.38. The fourth-order valence-electron chi connectivity index (χ4n) is 0.640. The average molecular weight is 190 g/mol. The fourth-order valence-corrected chi connectivity index (χ4v) is 0.784. The van der Waals surface area contributed by atoms with E-state index in [4.69, 9.17) is 27.4 Å². The van der Waals surface area contributed by atoms with E-state index in [9.17, 15) is 0 Å². The Morgan fingerprint density at radius 2 is 2.42 bits per heavy atom. The zero-order valence-corrected chi connectivity index (χ0v) is 7.97. The first kappa shape index (κ1) is 11.2. The van der Waals surface area contributed by atoms with E-state index in [0.717, 1.165) is 0 Å². The van der Waals surface area contributed by atoms with E-state index >= 15 is 0 Å². The predicted molar refractivity (Wildman–Crippen MR) is 51.5 cm³/mol. The van der Waals surface area contributed by atoms with Crippen LogP contribution in [-0.4, -0.2) is 37.0 Å². The van der Waals surface area contributed by atoms with E-state index in [2.05, 4.69) is 6.58 Å². The molecule has 0 aliphatic heterocycles. The Hall–Kier alpha value is -0.810. The van der Waals surface area contributed by atoms with Crippen LogP contribution >= 0.6 is 12.2 Å². The lowest BCUT2D eigenvalue weighted by Gasteiger charge is -2.20. The molecule has 4 nitrogen and oxygen atoms in total. The van der Waals surface area contributed by atoms with Gasteiger partial charge in [-0.3, -0.25) is 0 Å². The molecule has 0 saturated heterocycles. The van der Waals surface area contributed by atoms with Gasteiger partial charge < -0.3 is 20.1 Å². The number of nitrogens with zero attached hydrogens (tertiary/aromatic N) is 1. The molecule has 0 aromatic carbocycles. The minimum atomic E-state index is 0.310. The van der Waals surface area contributed by atoms with Crippen LogP contribution in [0.15, 0.2) is 12.8 Å². The van der Waals surface area contributed by atoms with Gasteiger partial charge in [0.25, 0.3) is 0 Å². The summed E-state index contributed by atoms with van der Waals surface area (Å²) < 4.78 is 9.78. The summed E-state index contributed by atoms with van der Waals surface area (Å²) in [5.41, 5.74) is 5.40. The molecule has 0 amide bonds. The van der Waals surface area contributed by atoms with Crippen molar-refractivity contribution in [1.29, 1.82) is 0 Å². The molecule has 12 heavy (non-hydrogen) atoms. The van der Waals surface area contributed by atoms with Crippen LogP contribution in [-0.2, 0) is 9.47 Å². The second-order valence-corrected chi connectivity index (χ2v) is 2.48. The van der Waals surface area contributed by atoms with Crippen LogP contribution in [0.5, 0.6) is 0 Å². The van der Waals surface area contributed by atoms with Crippen molar-refractivity contribution < 1.29 is 9.47 Å². The molecule has 0 spiro atoms. The summed E-state index contributed by atoms with van der Waals surface area (Å²) in [5, 5.41) is 0.310. The highest BCUT2D eigenvalue weighted by Crippen LogP contribution is 1.88. The molecule has 0 aromatic rings. The number of ether oxygens (including phenoxy) is 2. The highest BCUT2D eigenvalue weighted by atomic mass is 32.1. The van der Waals surface area contributed by atoms with Gasteiger partial charge in [-0.05, 0) is 12.2 Å². The molecule has 5 heteroatoms. The molecule has 0 bridgehead atoms. The lowest BCUT2D eigenvalue weighted by molar-refractivity contribution is 0.0949. The first-order valence-electron chi connectivity index (χ1n) is 3.48. The third-order valence-corrected chi connectivity index (χ3v) is 1.45. The minimum absolute atomic E-state index is 0.310. The Balaban J connectivity index is 3.63. The van der Waals surface area contributed by atoms with Crippen LogP contribution in [0.1, 0.15) is 0 Å². The third kappa shape index (κ3) is 4.92. The summed E-state index contributed by atoms with van der Waals surface area (Å²) >= 11 is 4.77. The summed E-state index contributed by atoms with van der Waals surface area (Å²) in [6, 6.07) is 0. The standard InChI is InChI=1S/C7H14N2O2S/c1-3-11-5-4-9(6-10-2)7(8)12/h3H,1,4-6H2,2H3,(H2,8,12). The van der Waals surface area contributed by atoms with Crippen molar-refractivity contribution in [3.8, 4) is 0 Å². The fraction of sp³-hybridized carbons (Fsp3) is 0.571. The van der Waals surface area contributed by atoms with Crippen LogP contribution in [0.4, 0.5) is 0 Å². The highest BCUT2D eigenvalue weighted by Gasteiger charge is 2.03. The van der Waals surface area contributed by atoms with Crippen LogP contribution in [0.2, 0.25) is 0 Å². The van der Waals surface area contributed by atoms with Gasteiger partial charge in [0.05, 0.1) is 12.8 Å². The van der Waals surface area contributed by atoms with Crippen LogP contribution in [0, 0.1) is 0 Å². The average Bonchev–Trinajstić information content (AvgIpc) is 2.03. The number of hydrogen-bond acceptors (Lipinski definition) is 3. The second-order valence-electron chi connectivity index (χ2n) is 2.06. The molecule has 0 atom stereocenters. The van der Waals surface area contributed by atoms with Gasteiger partial charge in [-0.25, -0.2) is 0 Å². The molecule has 0 rings (SSSR count). The molecule has 0 fully saturated rings. The van der Waals surface area contributed by atoms with Crippen molar-refractivity contribution in [3.05, 3.63) is 12.8 Å². The van der Waals surface area contributed by atoms with Gasteiger partial charge in [-0.1, -0.05) is 6.58 Å². The lowest BCUT2D eigenvalue weighted by atomic mass is 10.6. The quantitative estimate of drug-likeness (QED) is 0.282. The smallest absolute Gasteiger partial charge is 0.168 e. The predicted octanol–water partition coefficient (Wildman–Crippen LogP) is 0.296. The monoisotopic (exact) mass is 190 g/mol. The SMILES string of the molecule is C=COCCN(COC)C(N)=S. The minimum Gasteiger partial charge on any atom is -0.500 e. The van der Waals surface area contributed by atoms with E-state index in [0.29, 0.717) is 25.0 Å². The molecular weight excluding hydrogens is 176 g/mol. The van der Waals surface area contributed by atoms with E-state index in [1.165, 1.54) is 6.26 Å². The highest BCUT2D eigenvalue weighted by molar-refractivity contribution is 7.80. The first-order valence-corrected chi connectivity index (χ1v) is 3.89. The zero-order valence-electron chi connectivity index (χ0n) is 7.16. The van der Waals surface area contributed by atoms with Crippen LogP contribution in [0.3, 0.4) is 0 Å². The maximum atomic E-state index is 5.40. The number of hydrogen-bond donors (Lipinski definition) is 1. The molecule has 0 radical (unpaired) electrons. The summed E-state index contributed by atoms with van der Waals surface area (Å²) in [4.78, 5) is 1.69. The summed E-state index contributed by atoms with van der Waals surface area (Å²) in [7, 11) is 1.58. The van der Waals surface area contributed by atoms with Gasteiger partial charge in [0, 0.05) is 7.11 Å². The Bertz CT molecular complexity index is 152. The summed E-state index contributed by atoms with van der Waals surface area (Å²) in [6.45, 7) is 4.91. The molecule has 0 unspecified atom stereocenters. The van der Waals surface area contributed by atoms with Crippen molar-refractivity contribution in [3.63, 3.8) is 0 Å². The van der Waals surface area contributed by atoms with Crippen LogP contribution in [0.25, 0.3) is 0 Å². The van der Waals surface area contributed by atoms with Crippen molar-refractivity contribution in [2.45, 2.75) is 0 Å². The number of nitrogens with two attached hydrogens (primary N) is 1. The maximum absolute atomic E-state index is 5.40. The normalized spacial score (nSPS) is 9.08. The number of thiocarbonyl (C=S) groups is 1. The molecule has 2 N–H and O–H groups in total. The molecule has 0 aromatic heterocycles. The van der Waals surface area contributed by atoms with Crippen LogP contribution < -0.4 is 5.73 Å². The van der Waals surface area contributed by atoms with E-state index in [1.807, 2.05) is 0 Å². The van der Waals surface area contributed by atoms with Crippen molar-refractivity contribution >= 4 is 17.3 Å². The van der Waals surface area contributed by atoms with Gasteiger partial charge >= 0.3 is 0 Å². The molecule has 0 heterocycles. The molecular formula is C7H14N2O2S. The largest absolute Gasteiger partial charge is 0.500 e. The van der Waals surface area contributed by atoms with E-state index < -0.39 is 0 Å². The first-order chi connectivity index (χ1) is 5.72. The number of rotatable bonds is 6. The van der Waals surface area contributed by atoms with Crippen molar-refractivity contribution in [1.82, 2.24) is 4.90 Å². The molecule has 0 aliphatic carbocycles. The van der Waals surface area contributed by atoms with Gasteiger partial charge in [0.15, 0.2) is 5.11 Å². The third-order valence-electron chi connectivity index (χ3n) is 1.19. The number of methoxy groups -OCH3 is 1. The Morgan fingerprint density at radius 1 is 1.75 bits per heavy atom. The van der Waals surface area contributed by atoms with E-state index in [1.54, 1.807) is 12.0 Å². The topological polar surface area (TPSA) is 47.7 Å². The van der Waals surface area contributed by atoms with Crippen molar-refractivity contribution in [2.75, 3.05) is 27.0 Å². The zero-order chi connectivity index (χ0) is 9.40. The van der Waals surface area contributed by atoms with Gasteiger partial charge in [-0.15, -0.1) is 0 Å². The Morgan fingerprint density at radius 3 is 2.83 bits per heavy atom. The van der Waals surface area contributed by atoms with Gasteiger partial charge in [0.1, 0.15) is 13.3 Å². The van der Waals surface area contributed by atoms with Gasteiger partial charge in [0.2, 0.25) is 0 Å². The summed E-state index contributed by atoms with van der Waals surface area (Å²) in [6.07, 6.45) is 1.38. The second kappa shape index (κ2) is 6.87. The van der Waals surface area contributed by atoms with Gasteiger partial charge in [-0.2, -0.15) is 0 Å². The molecule has 0 aliphatic rings. The van der Waals surface area contributed by atoms with E-state index in [-0.39, 0.29) is 0 Å². The van der Waals surface area contributed by atoms with Crippen molar-refractivity contribution in [2.24, 2.45) is 5.73 Å².